The molecule has 0 aliphatic heterocycles. The first-order valence-corrected chi connectivity index (χ1v) is 8.62. The summed E-state index contributed by atoms with van der Waals surface area (Å²) in [7, 11) is 0. The van der Waals surface area contributed by atoms with Gasteiger partial charge in [-0.2, -0.15) is 0 Å². The number of aryl methyl sites for hydroxylation is 1. The van der Waals surface area contributed by atoms with Crippen molar-refractivity contribution in [2.24, 2.45) is 5.92 Å². The molecule has 5 nitrogen and oxygen atoms in total. The highest BCUT2D eigenvalue weighted by molar-refractivity contribution is 5.74. The summed E-state index contributed by atoms with van der Waals surface area (Å²) in [4.78, 5) is 16.4. The lowest BCUT2D eigenvalue weighted by atomic mass is 9.98. The van der Waals surface area contributed by atoms with Crippen molar-refractivity contribution in [2.75, 3.05) is 13.2 Å². The topological polar surface area (TPSA) is 74.2 Å². The Morgan fingerprint density at radius 1 is 1.20 bits per heavy atom. The number of urea groups is 1. The minimum atomic E-state index is -0.229. The first-order valence-electron chi connectivity index (χ1n) is 8.62. The minimum Gasteiger partial charge on any atom is -0.396 e. The fourth-order valence-electron chi connectivity index (χ4n) is 2.82. The van der Waals surface area contributed by atoms with Crippen molar-refractivity contribution in [3.63, 3.8) is 0 Å². The zero-order valence-corrected chi connectivity index (χ0v) is 15.1. The van der Waals surface area contributed by atoms with Crippen LogP contribution in [0.1, 0.15) is 35.3 Å². The lowest BCUT2D eigenvalue weighted by Gasteiger charge is -2.20. The van der Waals surface area contributed by atoms with E-state index in [4.69, 9.17) is 0 Å². The zero-order chi connectivity index (χ0) is 18.2. The van der Waals surface area contributed by atoms with Gasteiger partial charge in [0.15, 0.2) is 0 Å². The fourth-order valence-corrected chi connectivity index (χ4v) is 2.82. The summed E-state index contributed by atoms with van der Waals surface area (Å²) in [6.07, 6.45) is 2.36. The van der Waals surface area contributed by atoms with Crippen molar-refractivity contribution in [1.29, 1.82) is 0 Å². The Kier molecular flexibility index (Phi) is 6.95. The van der Waals surface area contributed by atoms with Crippen LogP contribution < -0.4 is 10.6 Å². The third-order valence-electron chi connectivity index (χ3n) is 4.49. The zero-order valence-electron chi connectivity index (χ0n) is 15.1. The van der Waals surface area contributed by atoms with E-state index < -0.39 is 0 Å². The number of carbonyl (C=O) groups excluding carboxylic acids is 1. The molecule has 0 radical (unpaired) electrons. The molecule has 2 unspecified atom stereocenters. The molecule has 25 heavy (non-hydrogen) atoms. The van der Waals surface area contributed by atoms with Crippen LogP contribution in [0.4, 0.5) is 4.79 Å². The Balaban J connectivity index is 1.85. The molecule has 0 aliphatic carbocycles. The summed E-state index contributed by atoms with van der Waals surface area (Å²) in [6.45, 7) is 6.51. The van der Waals surface area contributed by atoms with Gasteiger partial charge < -0.3 is 15.7 Å². The number of hydrogen-bond donors (Lipinski definition) is 3. The first-order chi connectivity index (χ1) is 12.0. The highest BCUT2D eigenvalue weighted by Crippen LogP contribution is 2.19. The van der Waals surface area contributed by atoms with E-state index in [1.54, 1.807) is 6.20 Å². The van der Waals surface area contributed by atoms with E-state index in [2.05, 4.69) is 35.5 Å². The normalized spacial score (nSPS) is 13.1. The summed E-state index contributed by atoms with van der Waals surface area (Å²) in [6, 6.07) is 11.5. The van der Waals surface area contributed by atoms with Gasteiger partial charge in [0.25, 0.3) is 0 Å². The Bertz CT molecular complexity index is 689. The maximum atomic E-state index is 12.2. The molecule has 0 saturated carbocycles. The quantitative estimate of drug-likeness (QED) is 0.725. The predicted molar refractivity (Wildman–Crippen MR) is 99.4 cm³/mol. The Hall–Kier alpha value is -2.40. The highest BCUT2D eigenvalue weighted by atomic mass is 16.3. The van der Waals surface area contributed by atoms with Crippen LogP contribution in [0.2, 0.25) is 0 Å². The lowest BCUT2D eigenvalue weighted by Crippen LogP contribution is -2.40. The van der Waals surface area contributed by atoms with Crippen molar-refractivity contribution in [1.82, 2.24) is 15.6 Å². The molecule has 134 valence electrons. The molecule has 5 heteroatoms. The summed E-state index contributed by atoms with van der Waals surface area (Å²) >= 11 is 0. The minimum absolute atomic E-state index is 0.00337. The van der Waals surface area contributed by atoms with Gasteiger partial charge in [-0.05, 0) is 56.0 Å². The number of hydrogen-bond acceptors (Lipinski definition) is 3. The molecule has 0 fully saturated rings. The number of pyridine rings is 1. The van der Waals surface area contributed by atoms with Crippen LogP contribution in [0, 0.1) is 19.8 Å². The van der Waals surface area contributed by atoms with Crippen LogP contribution >= 0.6 is 0 Å². The second-order valence-electron chi connectivity index (χ2n) is 6.44. The molecular weight excluding hydrogens is 314 g/mol. The predicted octanol–water partition coefficient (Wildman–Crippen LogP) is 2.91. The molecule has 0 bridgehead atoms. The van der Waals surface area contributed by atoms with E-state index in [0.717, 1.165) is 11.3 Å². The molecule has 0 saturated heterocycles. The maximum Gasteiger partial charge on any atom is 0.315 e. The third-order valence-corrected chi connectivity index (χ3v) is 4.49. The van der Waals surface area contributed by atoms with Crippen LogP contribution in [-0.2, 0) is 6.42 Å². The van der Waals surface area contributed by atoms with Crippen LogP contribution in [-0.4, -0.2) is 29.3 Å². The van der Waals surface area contributed by atoms with Gasteiger partial charge in [-0.3, -0.25) is 4.98 Å². The average molecular weight is 341 g/mol. The van der Waals surface area contributed by atoms with Crippen molar-refractivity contribution in [3.05, 3.63) is 65.0 Å². The number of aliphatic hydroxyl groups is 1. The largest absolute Gasteiger partial charge is 0.396 e. The van der Waals surface area contributed by atoms with E-state index >= 15 is 0 Å². The summed E-state index contributed by atoms with van der Waals surface area (Å²) < 4.78 is 0. The van der Waals surface area contributed by atoms with Crippen LogP contribution in [0.3, 0.4) is 0 Å². The second kappa shape index (κ2) is 9.18. The van der Waals surface area contributed by atoms with Gasteiger partial charge in [0, 0.05) is 31.0 Å². The molecule has 1 aromatic carbocycles. The Morgan fingerprint density at radius 3 is 2.68 bits per heavy atom. The highest BCUT2D eigenvalue weighted by Gasteiger charge is 2.14. The van der Waals surface area contributed by atoms with Gasteiger partial charge in [-0.1, -0.05) is 24.3 Å². The third kappa shape index (κ3) is 5.57. The van der Waals surface area contributed by atoms with Crippen LogP contribution in [0.15, 0.2) is 42.6 Å². The number of nitrogens with zero attached hydrogens (tertiary/aromatic N) is 1. The summed E-state index contributed by atoms with van der Waals surface area (Å²) in [5.41, 5.74) is 4.43. The number of benzene rings is 1. The molecule has 0 spiro atoms. The van der Waals surface area contributed by atoms with E-state index in [1.807, 2.05) is 37.3 Å². The summed E-state index contributed by atoms with van der Waals surface area (Å²) in [5.74, 6) is -0.0586. The van der Waals surface area contributed by atoms with Gasteiger partial charge >= 0.3 is 6.03 Å². The fraction of sp³-hybridized carbons (Fsp3) is 0.400. The molecule has 2 aromatic rings. The number of carbonyl (C=O) groups is 1. The average Bonchev–Trinajstić information content (AvgIpc) is 2.61. The molecule has 2 rings (SSSR count). The van der Waals surface area contributed by atoms with E-state index in [9.17, 15) is 9.90 Å². The maximum absolute atomic E-state index is 12.2. The van der Waals surface area contributed by atoms with Crippen molar-refractivity contribution >= 4 is 6.03 Å². The number of rotatable bonds is 7. The monoisotopic (exact) mass is 341 g/mol. The standard InChI is InChI=1S/C20H27N3O2/c1-14-7-6-9-19(15(14)2)16(3)23-20(25)22-12-17(13-24)11-18-8-4-5-10-21-18/h4-10,16-17,24H,11-13H2,1-3H3,(H2,22,23,25). The molecule has 1 aromatic heterocycles. The first kappa shape index (κ1) is 18.9. The molecule has 0 aliphatic rings. The van der Waals surface area contributed by atoms with Crippen LogP contribution in [0.5, 0.6) is 0 Å². The molecule has 1 heterocycles. The van der Waals surface area contributed by atoms with Gasteiger partial charge in [0.2, 0.25) is 0 Å². The number of amides is 2. The van der Waals surface area contributed by atoms with Crippen molar-refractivity contribution in [2.45, 2.75) is 33.2 Å². The molecule has 2 atom stereocenters. The smallest absolute Gasteiger partial charge is 0.315 e. The SMILES string of the molecule is Cc1cccc(C(C)NC(=O)NCC(CO)Cc2ccccn2)c1C. The van der Waals surface area contributed by atoms with Gasteiger partial charge in [-0.25, -0.2) is 4.79 Å². The molecule has 2 amide bonds. The second-order valence-corrected chi connectivity index (χ2v) is 6.44. The van der Waals surface area contributed by atoms with E-state index in [-0.39, 0.29) is 24.6 Å². The van der Waals surface area contributed by atoms with Gasteiger partial charge in [0.05, 0.1) is 6.04 Å². The van der Waals surface area contributed by atoms with E-state index in [0.29, 0.717) is 13.0 Å². The lowest BCUT2D eigenvalue weighted by molar-refractivity contribution is 0.212. The van der Waals surface area contributed by atoms with Gasteiger partial charge in [-0.15, -0.1) is 0 Å². The Labute approximate surface area is 149 Å². The number of aliphatic hydroxyl groups excluding tert-OH is 1. The van der Waals surface area contributed by atoms with Crippen LogP contribution in [0.25, 0.3) is 0 Å². The Morgan fingerprint density at radius 2 is 2.00 bits per heavy atom. The number of nitrogens with one attached hydrogen (secondary N) is 2. The molecular formula is C20H27N3O2. The number of aromatic nitrogens is 1. The molecule has 3 N–H and O–H groups in total. The van der Waals surface area contributed by atoms with Gasteiger partial charge in [0.1, 0.15) is 0 Å². The van der Waals surface area contributed by atoms with Crippen molar-refractivity contribution in [3.8, 4) is 0 Å². The summed E-state index contributed by atoms with van der Waals surface area (Å²) in [5, 5.41) is 15.3. The van der Waals surface area contributed by atoms with E-state index in [1.165, 1.54) is 11.1 Å². The van der Waals surface area contributed by atoms with Crippen molar-refractivity contribution < 1.29 is 9.90 Å².